The number of hydrogen-bond acceptors (Lipinski definition) is 3. The average Bonchev–Trinajstić information content (AvgIpc) is 2.15. The van der Waals surface area contributed by atoms with Gasteiger partial charge in [-0.2, -0.15) is 8.42 Å². The van der Waals surface area contributed by atoms with Gasteiger partial charge in [0, 0.05) is 21.9 Å². The van der Waals surface area contributed by atoms with Crippen molar-refractivity contribution in [1.29, 1.82) is 0 Å². The monoisotopic (exact) mass is 281 g/mol. The molecule has 0 amide bonds. The number of anilines is 1. The third-order valence-corrected chi connectivity index (χ3v) is 3.14. The van der Waals surface area contributed by atoms with Crippen molar-refractivity contribution in [3.8, 4) is 0 Å². The van der Waals surface area contributed by atoms with Gasteiger partial charge >= 0.3 is 0 Å². The van der Waals surface area contributed by atoms with Gasteiger partial charge in [-0.05, 0) is 11.5 Å². The summed E-state index contributed by atoms with van der Waals surface area (Å²) in [6.45, 7) is 0. The molecule has 2 aromatic carbocycles. The third kappa shape index (κ3) is 2.19. The van der Waals surface area contributed by atoms with Crippen molar-refractivity contribution < 1.29 is 29.5 Å². The molecule has 2 aromatic rings. The number of benzene rings is 2. The van der Waals surface area contributed by atoms with Crippen LogP contribution in [0.4, 0.5) is 5.69 Å². The van der Waals surface area contributed by atoms with E-state index in [0.29, 0.717) is 5.39 Å². The zero-order chi connectivity index (χ0) is 11.1. The fourth-order valence-corrected chi connectivity index (χ4v) is 2.38. The molecule has 4 nitrogen and oxygen atoms in total. The Morgan fingerprint density at radius 2 is 1.69 bits per heavy atom. The Morgan fingerprint density at radius 3 is 2.31 bits per heavy atom. The van der Waals surface area contributed by atoms with Gasteiger partial charge in [0.15, 0.2) is 0 Å². The molecule has 0 aliphatic rings. The Kier molecular flexibility index (Phi) is 3.58. The maximum Gasteiger partial charge on any atom is 0.297 e. The second-order valence-corrected chi connectivity index (χ2v) is 4.54. The van der Waals surface area contributed by atoms with Crippen molar-refractivity contribution in [1.82, 2.24) is 0 Å². The molecule has 0 heterocycles. The van der Waals surface area contributed by atoms with Crippen LogP contribution in [0.25, 0.3) is 10.8 Å². The molecule has 3 N–H and O–H groups in total. The minimum atomic E-state index is -4.29. The molecule has 0 saturated carbocycles. The van der Waals surface area contributed by atoms with E-state index >= 15 is 0 Å². The van der Waals surface area contributed by atoms with Crippen molar-refractivity contribution in [3.05, 3.63) is 36.4 Å². The van der Waals surface area contributed by atoms with Crippen molar-refractivity contribution in [2.24, 2.45) is 0 Å². The van der Waals surface area contributed by atoms with Crippen molar-refractivity contribution in [2.45, 2.75) is 4.90 Å². The normalized spacial score (nSPS) is 11.1. The third-order valence-electron chi connectivity index (χ3n) is 2.17. The summed E-state index contributed by atoms with van der Waals surface area (Å²) in [5.74, 6) is 0. The van der Waals surface area contributed by atoms with E-state index in [1.807, 2.05) is 0 Å². The minimum absolute atomic E-state index is 0. The Morgan fingerprint density at radius 1 is 1.06 bits per heavy atom. The van der Waals surface area contributed by atoms with Crippen LogP contribution < -0.4 is 5.73 Å². The fourth-order valence-electron chi connectivity index (χ4n) is 1.55. The maximum absolute atomic E-state index is 11.1. The molecule has 2 rings (SSSR count). The summed E-state index contributed by atoms with van der Waals surface area (Å²) in [5.41, 5.74) is 5.59. The first-order valence-corrected chi connectivity index (χ1v) is 5.69. The van der Waals surface area contributed by atoms with E-state index < -0.39 is 10.1 Å². The topological polar surface area (TPSA) is 80.4 Å². The summed E-state index contributed by atoms with van der Waals surface area (Å²) in [5, 5.41) is 1.15. The van der Waals surface area contributed by atoms with Crippen LogP contribution in [0.2, 0.25) is 0 Å². The first kappa shape index (κ1) is 13.0. The summed E-state index contributed by atoms with van der Waals surface area (Å²) in [6.07, 6.45) is 0. The molecule has 88 valence electrons. The zero-order valence-electron chi connectivity index (χ0n) is 8.03. The number of fused-ring (bicyclic) bond motifs is 1. The number of rotatable bonds is 1. The van der Waals surface area contributed by atoms with Crippen molar-refractivity contribution >= 4 is 26.6 Å². The Bertz CT molecular complexity index is 625. The predicted molar refractivity (Wildman–Crippen MR) is 58.2 cm³/mol. The van der Waals surface area contributed by atoms with Gasteiger partial charge in [-0.25, -0.2) is 0 Å². The Labute approximate surface area is 103 Å². The van der Waals surface area contributed by atoms with Gasteiger partial charge in [0.1, 0.15) is 4.90 Å². The van der Waals surface area contributed by atoms with E-state index in [-0.39, 0.29) is 27.1 Å². The largest absolute Gasteiger partial charge is 0.398 e. The average molecular weight is 282 g/mol. The van der Waals surface area contributed by atoms with Gasteiger partial charge < -0.3 is 5.73 Å². The van der Waals surface area contributed by atoms with E-state index in [1.165, 1.54) is 6.07 Å². The first-order chi connectivity index (χ1) is 7.00. The molecule has 16 heavy (non-hydrogen) atoms. The van der Waals surface area contributed by atoms with Crippen LogP contribution in [0.3, 0.4) is 0 Å². The van der Waals surface area contributed by atoms with Crippen LogP contribution in [0.5, 0.6) is 0 Å². The molecule has 0 unspecified atom stereocenters. The Hall–Kier alpha value is -1.10. The van der Waals surface area contributed by atoms with Crippen molar-refractivity contribution in [3.63, 3.8) is 0 Å². The van der Waals surface area contributed by atoms with Gasteiger partial charge in [0.25, 0.3) is 10.1 Å². The summed E-state index contributed by atoms with van der Waals surface area (Å²) in [6, 6.07) is 10.0. The molecule has 0 bridgehead atoms. The van der Waals surface area contributed by atoms with Crippen LogP contribution in [-0.2, 0) is 26.6 Å². The molecular formula is C10H9NNiO3S. The van der Waals surface area contributed by atoms with Crippen LogP contribution >= 0.6 is 0 Å². The molecule has 0 radical (unpaired) electrons. The van der Waals surface area contributed by atoms with E-state index in [2.05, 4.69) is 0 Å². The molecule has 0 aliphatic carbocycles. The standard InChI is InChI=1S/C10H9NO3S.Ni/c11-9-6-5-7-3-1-2-4-8(7)10(9)15(12,13)14;/h1-6H,11H2,(H,12,13,14);. The minimum Gasteiger partial charge on any atom is -0.398 e. The van der Waals surface area contributed by atoms with E-state index in [0.717, 1.165) is 5.39 Å². The van der Waals surface area contributed by atoms with E-state index in [4.69, 9.17) is 10.3 Å². The summed E-state index contributed by atoms with van der Waals surface area (Å²) in [7, 11) is -4.29. The number of nitrogens with two attached hydrogens (primary N) is 1. The molecule has 0 saturated heterocycles. The van der Waals surface area contributed by atoms with Gasteiger partial charge in [-0.3, -0.25) is 4.55 Å². The number of nitrogen functional groups attached to an aromatic ring is 1. The summed E-state index contributed by atoms with van der Waals surface area (Å²) in [4.78, 5) is -0.222. The molecule has 6 heteroatoms. The molecule has 0 fully saturated rings. The molecule has 0 spiro atoms. The molecular weight excluding hydrogens is 273 g/mol. The molecule has 0 aliphatic heterocycles. The number of hydrogen-bond donors (Lipinski definition) is 2. The van der Waals surface area contributed by atoms with Gasteiger partial charge in [-0.15, -0.1) is 0 Å². The predicted octanol–water partition coefficient (Wildman–Crippen LogP) is 1.67. The van der Waals surface area contributed by atoms with Gasteiger partial charge in [-0.1, -0.05) is 30.3 Å². The van der Waals surface area contributed by atoms with Crippen molar-refractivity contribution in [2.75, 3.05) is 5.73 Å². The Balaban J connectivity index is 0.00000128. The van der Waals surface area contributed by atoms with Gasteiger partial charge in [0.05, 0.1) is 5.69 Å². The summed E-state index contributed by atoms with van der Waals surface area (Å²) >= 11 is 0. The second kappa shape index (κ2) is 4.41. The maximum atomic E-state index is 11.1. The van der Waals surface area contributed by atoms with Crippen LogP contribution in [0.15, 0.2) is 41.3 Å². The first-order valence-electron chi connectivity index (χ1n) is 4.25. The van der Waals surface area contributed by atoms with E-state index in [1.54, 1.807) is 30.3 Å². The molecule has 0 aromatic heterocycles. The summed E-state index contributed by atoms with van der Waals surface area (Å²) < 4.78 is 31.3. The quantitative estimate of drug-likeness (QED) is 0.473. The van der Waals surface area contributed by atoms with Crippen LogP contribution in [-0.4, -0.2) is 13.0 Å². The van der Waals surface area contributed by atoms with Gasteiger partial charge in [0.2, 0.25) is 0 Å². The smallest absolute Gasteiger partial charge is 0.297 e. The van der Waals surface area contributed by atoms with Crippen LogP contribution in [0.1, 0.15) is 0 Å². The SMILES string of the molecule is Nc1ccc2ccccc2c1S(=O)(=O)O.[Ni]. The van der Waals surface area contributed by atoms with Crippen LogP contribution in [0, 0.1) is 0 Å². The fraction of sp³-hybridized carbons (Fsp3) is 0. The zero-order valence-corrected chi connectivity index (χ0v) is 9.83. The van der Waals surface area contributed by atoms with E-state index in [9.17, 15) is 8.42 Å². The second-order valence-electron chi connectivity index (χ2n) is 3.18. The molecule has 0 atom stereocenters.